The van der Waals surface area contributed by atoms with Gasteiger partial charge in [0.2, 0.25) is 0 Å². The van der Waals surface area contributed by atoms with Gasteiger partial charge in [-0.05, 0) is 56.4 Å². The Morgan fingerprint density at radius 2 is 1.92 bits per heavy atom. The fraction of sp³-hybridized carbons (Fsp3) is 0.481. The zero-order valence-electron chi connectivity index (χ0n) is 20.8. The molecule has 0 bridgehead atoms. The lowest BCUT2D eigenvalue weighted by Gasteiger charge is -2.21. The number of halogens is 2. The van der Waals surface area contributed by atoms with E-state index in [-0.39, 0.29) is 5.91 Å². The van der Waals surface area contributed by atoms with Crippen LogP contribution < -0.4 is 10.1 Å². The summed E-state index contributed by atoms with van der Waals surface area (Å²) in [6, 6.07) is 7.09. The van der Waals surface area contributed by atoms with E-state index in [0.717, 1.165) is 41.6 Å². The van der Waals surface area contributed by atoms with Crippen molar-refractivity contribution in [1.82, 2.24) is 14.9 Å². The third-order valence-electron chi connectivity index (χ3n) is 6.63. The van der Waals surface area contributed by atoms with Crippen molar-refractivity contribution in [3.63, 3.8) is 0 Å². The number of methoxy groups -OCH3 is 1. The third-order valence-corrected chi connectivity index (χ3v) is 7.89. The van der Waals surface area contributed by atoms with Gasteiger partial charge in [-0.1, -0.05) is 42.5 Å². The van der Waals surface area contributed by atoms with E-state index in [0.29, 0.717) is 40.5 Å². The molecule has 2 heterocycles. The number of hydrogen-bond donors (Lipinski definition) is 1. The van der Waals surface area contributed by atoms with E-state index < -0.39 is 0 Å². The van der Waals surface area contributed by atoms with Crippen molar-refractivity contribution in [3.05, 3.63) is 56.0 Å². The summed E-state index contributed by atoms with van der Waals surface area (Å²) < 4.78 is 13.3. The minimum absolute atomic E-state index is 0.0126. The number of carbonyl (C=O) groups is 1. The van der Waals surface area contributed by atoms with Crippen LogP contribution in [0.3, 0.4) is 0 Å². The molecule has 3 aromatic rings. The standard InChI is InChI=1S/C27H33Cl2N3O3S/c1-18-23(27(33)30-15-19-7-4-3-5-8-19)14-25(32(18)9-6-10-34-2)24-17-36-26(31-24)16-35-22-12-20(28)11-21(29)13-22/h11-14,17,19H,3-10,15-16H2,1-2H3,(H,30,33). The van der Waals surface area contributed by atoms with Gasteiger partial charge < -0.3 is 19.4 Å². The molecule has 1 aliphatic carbocycles. The fourth-order valence-electron chi connectivity index (χ4n) is 4.72. The molecule has 0 aliphatic heterocycles. The SMILES string of the molecule is COCCCn1c(-c2csc(COc3cc(Cl)cc(Cl)c3)n2)cc(C(=O)NCC2CCCCC2)c1C. The second-order valence-corrected chi connectivity index (χ2v) is 11.1. The van der Waals surface area contributed by atoms with Crippen molar-refractivity contribution in [2.24, 2.45) is 5.92 Å². The Labute approximate surface area is 226 Å². The lowest BCUT2D eigenvalue weighted by molar-refractivity contribution is 0.0943. The van der Waals surface area contributed by atoms with Gasteiger partial charge in [0.15, 0.2) is 0 Å². The average molecular weight is 551 g/mol. The highest BCUT2D eigenvalue weighted by Gasteiger charge is 2.21. The normalized spacial score (nSPS) is 14.2. The predicted octanol–water partition coefficient (Wildman–Crippen LogP) is 7.15. The van der Waals surface area contributed by atoms with Crippen LogP contribution in [0.5, 0.6) is 5.75 Å². The van der Waals surface area contributed by atoms with Crippen molar-refractivity contribution >= 4 is 40.4 Å². The Hall–Kier alpha value is -2.06. The largest absolute Gasteiger partial charge is 0.486 e. The molecule has 9 heteroatoms. The van der Waals surface area contributed by atoms with Crippen LogP contribution in [0.4, 0.5) is 0 Å². The van der Waals surface area contributed by atoms with Gasteiger partial charge in [0, 0.05) is 47.9 Å². The van der Waals surface area contributed by atoms with Crippen molar-refractivity contribution in [2.45, 2.75) is 58.6 Å². The van der Waals surface area contributed by atoms with Gasteiger partial charge in [-0.15, -0.1) is 11.3 Å². The molecule has 1 fully saturated rings. The summed E-state index contributed by atoms with van der Waals surface area (Å²) in [7, 11) is 1.70. The second-order valence-electron chi connectivity index (χ2n) is 9.26. The second kappa shape index (κ2) is 13.0. The average Bonchev–Trinajstić information content (AvgIpc) is 3.46. The quantitative estimate of drug-likeness (QED) is 0.258. The molecule has 2 aromatic heterocycles. The molecule has 6 nitrogen and oxygen atoms in total. The third kappa shape index (κ3) is 7.03. The molecule has 1 N–H and O–H groups in total. The summed E-state index contributed by atoms with van der Waals surface area (Å²) in [6.45, 7) is 4.45. The number of rotatable bonds is 11. The molecule has 0 spiro atoms. The van der Waals surface area contributed by atoms with E-state index in [1.54, 1.807) is 25.3 Å². The van der Waals surface area contributed by atoms with Crippen molar-refractivity contribution in [1.29, 1.82) is 0 Å². The van der Waals surface area contributed by atoms with Gasteiger partial charge >= 0.3 is 0 Å². The molecule has 1 aliphatic rings. The number of carbonyl (C=O) groups excluding carboxylic acids is 1. The zero-order valence-corrected chi connectivity index (χ0v) is 23.1. The maximum absolute atomic E-state index is 13.1. The highest BCUT2D eigenvalue weighted by atomic mass is 35.5. The number of thiazole rings is 1. The van der Waals surface area contributed by atoms with Crippen LogP contribution in [0.2, 0.25) is 10.0 Å². The maximum Gasteiger partial charge on any atom is 0.253 e. The molecule has 1 amide bonds. The first kappa shape index (κ1) is 27.0. The van der Waals surface area contributed by atoms with Crippen molar-refractivity contribution in [3.8, 4) is 17.1 Å². The summed E-state index contributed by atoms with van der Waals surface area (Å²) in [6.07, 6.45) is 7.09. The number of aromatic nitrogens is 2. The van der Waals surface area contributed by atoms with Crippen LogP contribution in [-0.4, -0.2) is 35.7 Å². The molecular formula is C27H33Cl2N3O3S. The first-order valence-electron chi connectivity index (χ1n) is 12.5. The Morgan fingerprint density at radius 3 is 2.64 bits per heavy atom. The highest BCUT2D eigenvalue weighted by molar-refractivity contribution is 7.09. The Kier molecular flexibility index (Phi) is 9.71. The van der Waals surface area contributed by atoms with Gasteiger partial charge in [-0.25, -0.2) is 4.98 Å². The molecule has 194 valence electrons. The van der Waals surface area contributed by atoms with Crippen molar-refractivity contribution in [2.75, 3.05) is 20.3 Å². The first-order chi connectivity index (χ1) is 17.4. The van der Waals surface area contributed by atoms with Gasteiger partial charge in [-0.2, -0.15) is 0 Å². The molecule has 0 unspecified atom stereocenters. The smallest absolute Gasteiger partial charge is 0.253 e. The van der Waals surface area contributed by atoms with Gasteiger partial charge in [0.25, 0.3) is 5.91 Å². The summed E-state index contributed by atoms with van der Waals surface area (Å²) in [4.78, 5) is 18.0. The van der Waals surface area contributed by atoms with Crippen LogP contribution in [0, 0.1) is 12.8 Å². The monoisotopic (exact) mass is 549 g/mol. The number of hydrogen-bond acceptors (Lipinski definition) is 5. The van der Waals surface area contributed by atoms with Crippen LogP contribution >= 0.6 is 34.5 Å². The van der Waals surface area contributed by atoms with Crippen LogP contribution in [-0.2, 0) is 17.9 Å². The Bertz CT molecular complexity index is 1150. The number of ether oxygens (including phenoxy) is 2. The topological polar surface area (TPSA) is 65.4 Å². The minimum atomic E-state index is -0.0126. The van der Waals surface area contributed by atoms with E-state index >= 15 is 0 Å². The van der Waals surface area contributed by atoms with Crippen LogP contribution in [0.25, 0.3) is 11.4 Å². The van der Waals surface area contributed by atoms with E-state index in [1.165, 1.54) is 43.4 Å². The van der Waals surface area contributed by atoms with Crippen LogP contribution in [0.15, 0.2) is 29.6 Å². The van der Waals surface area contributed by atoms with Gasteiger partial charge in [0.05, 0.1) is 17.0 Å². The fourth-order valence-corrected chi connectivity index (χ4v) is 5.92. The maximum atomic E-state index is 13.1. The highest BCUT2D eigenvalue weighted by Crippen LogP contribution is 2.30. The minimum Gasteiger partial charge on any atom is -0.486 e. The Morgan fingerprint density at radius 1 is 1.17 bits per heavy atom. The molecular weight excluding hydrogens is 517 g/mol. The summed E-state index contributed by atoms with van der Waals surface area (Å²) >= 11 is 13.7. The van der Waals surface area contributed by atoms with Crippen molar-refractivity contribution < 1.29 is 14.3 Å². The lowest BCUT2D eigenvalue weighted by Crippen LogP contribution is -2.30. The lowest BCUT2D eigenvalue weighted by atomic mass is 9.89. The predicted molar refractivity (Wildman–Crippen MR) is 146 cm³/mol. The number of nitrogens with zero attached hydrogens (tertiary/aromatic N) is 2. The summed E-state index contributed by atoms with van der Waals surface area (Å²) in [5.41, 5.74) is 3.41. The number of benzene rings is 1. The molecule has 1 saturated carbocycles. The van der Waals surface area contributed by atoms with E-state index in [9.17, 15) is 4.79 Å². The zero-order chi connectivity index (χ0) is 25.5. The molecule has 36 heavy (non-hydrogen) atoms. The summed E-state index contributed by atoms with van der Waals surface area (Å²) in [5.74, 6) is 1.17. The first-order valence-corrected chi connectivity index (χ1v) is 14.1. The number of amides is 1. The van der Waals surface area contributed by atoms with E-state index in [1.807, 2.05) is 18.4 Å². The number of nitrogens with one attached hydrogen (secondary N) is 1. The molecule has 1 aromatic carbocycles. The molecule has 0 radical (unpaired) electrons. The summed E-state index contributed by atoms with van der Waals surface area (Å²) in [5, 5.41) is 7.07. The molecule has 0 saturated heterocycles. The molecule has 4 rings (SSSR count). The van der Waals surface area contributed by atoms with Crippen LogP contribution in [0.1, 0.15) is 59.6 Å². The molecule has 0 atom stereocenters. The van der Waals surface area contributed by atoms with E-state index in [2.05, 4.69) is 9.88 Å². The Balaban J connectivity index is 1.50. The van der Waals surface area contributed by atoms with Gasteiger partial charge in [0.1, 0.15) is 17.4 Å². The van der Waals surface area contributed by atoms with E-state index in [4.69, 9.17) is 37.7 Å². The van der Waals surface area contributed by atoms with Gasteiger partial charge in [-0.3, -0.25) is 4.79 Å².